The van der Waals surface area contributed by atoms with E-state index in [1.807, 2.05) is 37.3 Å². The van der Waals surface area contributed by atoms with Crippen LogP contribution in [0.1, 0.15) is 16.2 Å². The van der Waals surface area contributed by atoms with Gasteiger partial charge in [0.25, 0.3) is 5.91 Å². The molecule has 6 heteroatoms. The number of benzene rings is 1. The van der Waals surface area contributed by atoms with E-state index in [2.05, 4.69) is 9.97 Å². The van der Waals surface area contributed by atoms with E-state index in [4.69, 9.17) is 4.74 Å². The number of nitrogens with zero attached hydrogens (tertiary/aromatic N) is 3. The van der Waals surface area contributed by atoms with Gasteiger partial charge in [-0.25, -0.2) is 9.97 Å². The standard InChI is InChI=1S/C18H21N3O3/c1-13-19-9-16(17(20-13)15-5-3-2-4-6-15)18(23)21-7-8-24-12-14(10-21)11-22/h2-6,9,14,22H,7-8,10-12H2,1H3. The van der Waals surface area contributed by atoms with E-state index >= 15 is 0 Å². The molecule has 1 unspecified atom stereocenters. The highest BCUT2D eigenvalue weighted by Crippen LogP contribution is 2.23. The number of hydrogen-bond donors (Lipinski definition) is 1. The Kier molecular flexibility index (Phi) is 5.17. The summed E-state index contributed by atoms with van der Waals surface area (Å²) in [6.07, 6.45) is 1.59. The molecule has 1 amide bonds. The molecule has 1 aromatic heterocycles. The molecule has 0 aliphatic carbocycles. The van der Waals surface area contributed by atoms with Crippen molar-refractivity contribution in [3.05, 3.63) is 47.9 Å². The number of amides is 1. The third kappa shape index (κ3) is 3.60. The summed E-state index contributed by atoms with van der Waals surface area (Å²) < 4.78 is 5.46. The predicted octanol–water partition coefficient (Wildman–Crippen LogP) is 1.53. The number of hydrogen-bond acceptors (Lipinski definition) is 5. The minimum atomic E-state index is -0.127. The fourth-order valence-electron chi connectivity index (χ4n) is 2.79. The van der Waals surface area contributed by atoms with Gasteiger partial charge >= 0.3 is 0 Å². The molecule has 0 saturated carbocycles. The maximum absolute atomic E-state index is 13.0. The van der Waals surface area contributed by atoms with Crippen LogP contribution in [-0.2, 0) is 4.74 Å². The molecule has 126 valence electrons. The van der Waals surface area contributed by atoms with Crippen molar-refractivity contribution in [1.29, 1.82) is 0 Å². The number of aromatic nitrogens is 2. The first kappa shape index (κ1) is 16.5. The zero-order chi connectivity index (χ0) is 16.9. The van der Waals surface area contributed by atoms with E-state index in [1.165, 1.54) is 0 Å². The van der Waals surface area contributed by atoms with Gasteiger partial charge in [0.1, 0.15) is 5.82 Å². The van der Waals surface area contributed by atoms with Crippen molar-refractivity contribution in [2.45, 2.75) is 6.92 Å². The van der Waals surface area contributed by atoms with Crippen molar-refractivity contribution in [3.8, 4) is 11.3 Å². The Balaban J connectivity index is 1.95. The number of carbonyl (C=O) groups excluding carboxylic acids is 1. The van der Waals surface area contributed by atoms with Crippen molar-refractivity contribution in [2.75, 3.05) is 32.9 Å². The van der Waals surface area contributed by atoms with Gasteiger partial charge in [0.05, 0.1) is 24.5 Å². The zero-order valence-electron chi connectivity index (χ0n) is 13.7. The van der Waals surface area contributed by atoms with Crippen LogP contribution in [0.3, 0.4) is 0 Å². The maximum Gasteiger partial charge on any atom is 0.257 e. The number of aliphatic hydroxyl groups is 1. The van der Waals surface area contributed by atoms with Gasteiger partial charge in [-0.05, 0) is 6.92 Å². The van der Waals surface area contributed by atoms with Gasteiger partial charge in [0, 0.05) is 37.4 Å². The normalized spacial score (nSPS) is 18.2. The van der Waals surface area contributed by atoms with Crippen molar-refractivity contribution >= 4 is 5.91 Å². The van der Waals surface area contributed by atoms with Gasteiger partial charge in [0.2, 0.25) is 0 Å². The quantitative estimate of drug-likeness (QED) is 0.925. The predicted molar refractivity (Wildman–Crippen MR) is 89.5 cm³/mol. The molecule has 1 aliphatic rings. The Bertz CT molecular complexity index is 706. The third-order valence-electron chi connectivity index (χ3n) is 4.07. The van der Waals surface area contributed by atoms with Gasteiger partial charge in [-0.2, -0.15) is 0 Å². The van der Waals surface area contributed by atoms with Crippen LogP contribution >= 0.6 is 0 Å². The molecule has 1 N–H and O–H groups in total. The number of rotatable bonds is 3. The number of aliphatic hydroxyl groups excluding tert-OH is 1. The lowest BCUT2D eigenvalue weighted by molar-refractivity contribution is 0.0728. The number of aryl methyl sites for hydroxylation is 1. The monoisotopic (exact) mass is 327 g/mol. The highest BCUT2D eigenvalue weighted by atomic mass is 16.5. The van der Waals surface area contributed by atoms with Gasteiger partial charge in [-0.3, -0.25) is 4.79 Å². The average Bonchev–Trinajstić information content (AvgIpc) is 2.87. The fraction of sp³-hybridized carbons (Fsp3) is 0.389. The number of ether oxygens (including phenoxy) is 1. The van der Waals surface area contributed by atoms with Gasteiger partial charge < -0.3 is 14.7 Å². The van der Waals surface area contributed by atoms with E-state index in [9.17, 15) is 9.90 Å². The van der Waals surface area contributed by atoms with E-state index in [-0.39, 0.29) is 18.4 Å². The molecular weight excluding hydrogens is 306 g/mol. The highest BCUT2D eigenvalue weighted by Gasteiger charge is 2.25. The molecule has 1 aliphatic heterocycles. The van der Waals surface area contributed by atoms with Gasteiger partial charge in [-0.1, -0.05) is 30.3 Å². The highest BCUT2D eigenvalue weighted by molar-refractivity contribution is 5.99. The molecule has 6 nitrogen and oxygen atoms in total. The summed E-state index contributed by atoms with van der Waals surface area (Å²) in [6.45, 7) is 3.71. The lowest BCUT2D eigenvalue weighted by atomic mass is 10.1. The summed E-state index contributed by atoms with van der Waals surface area (Å²) in [5.41, 5.74) is 2.00. The summed E-state index contributed by atoms with van der Waals surface area (Å²) in [6, 6.07) is 9.63. The third-order valence-corrected chi connectivity index (χ3v) is 4.07. The van der Waals surface area contributed by atoms with E-state index in [1.54, 1.807) is 11.1 Å². The van der Waals surface area contributed by atoms with Crippen molar-refractivity contribution in [3.63, 3.8) is 0 Å². The van der Waals surface area contributed by atoms with Crippen molar-refractivity contribution in [2.24, 2.45) is 5.92 Å². The maximum atomic E-state index is 13.0. The molecule has 2 aromatic rings. The molecule has 0 radical (unpaired) electrons. The smallest absolute Gasteiger partial charge is 0.257 e. The first-order valence-electron chi connectivity index (χ1n) is 8.06. The minimum Gasteiger partial charge on any atom is -0.396 e. The van der Waals surface area contributed by atoms with E-state index < -0.39 is 0 Å². The summed E-state index contributed by atoms with van der Waals surface area (Å²) >= 11 is 0. The molecule has 1 saturated heterocycles. The van der Waals surface area contributed by atoms with Crippen LogP contribution in [0.5, 0.6) is 0 Å². The van der Waals surface area contributed by atoms with Crippen LogP contribution in [0, 0.1) is 12.8 Å². The fourth-order valence-corrected chi connectivity index (χ4v) is 2.79. The molecule has 2 heterocycles. The van der Waals surface area contributed by atoms with Gasteiger partial charge in [-0.15, -0.1) is 0 Å². The second kappa shape index (κ2) is 7.51. The van der Waals surface area contributed by atoms with Gasteiger partial charge in [0.15, 0.2) is 0 Å². The first-order chi connectivity index (χ1) is 11.7. The van der Waals surface area contributed by atoms with Crippen LogP contribution in [0.15, 0.2) is 36.5 Å². The Labute approximate surface area is 141 Å². The molecule has 1 fully saturated rings. The van der Waals surface area contributed by atoms with Crippen molar-refractivity contribution < 1.29 is 14.6 Å². The lowest BCUT2D eigenvalue weighted by Crippen LogP contribution is -2.37. The largest absolute Gasteiger partial charge is 0.396 e. The zero-order valence-corrected chi connectivity index (χ0v) is 13.7. The summed E-state index contributed by atoms with van der Waals surface area (Å²) in [5, 5.41) is 9.41. The lowest BCUT2D eigenvalue weighted by Gasteiger charge is -2.23. The summed E-state index contributed by atoms with van der Waals surface area (Å²) in [4.78, 5) is 23.4. The van der Waals surface area contributed by atoms with E-state index in [0.717, 1.165) is 5.56 Å². The SMILES string of the molecule is Cc1ncc(C(=O)N2CCOCC(CO)C2)c(-c2ccccc2)n1. The second-order valence-electron chi connectivity index (χ2n) is 5.92. The Morgan fingerprint density at radius 3 is 2.92 bits per heavy atom. The Morgan fingerprint density at radius 2 is 2.17 bits per heavy atom. The Morgan fingerprint density at radius 1 is 1.38 bits per heavy atom. The average molecular weight is 327 g/mol. The topological polar surface area (TPSA) is 75.6 Å². The Hall–Kier alpha value is -2.31. The summed E-state index contributed by atoms with van der Waals surface area (Å²) in [7, 11) is 0. The van der Waals surface area contributed by atoms with Crippen LogP contribution in [-0.4, -0.2) is 58.8 Å². The molecule has 3 rings (SSSR count). The van der Waals surface area contributed by atoms with Crippen LogP contribution in [0.2, 0.25) is 0 Å². The van der Waals surface area contributed by atoms with Crippen LogP contribution < -0.4 is 0 Å². The molecule has 24 heavy (non-hydrogen) atoms. The molecule has 0 bridgehead atoms. The number of carbonyl (C=O) groups is 1. The molecular formula is C18H21N3O3. The minimum absolute atomic E-state index is 0.000278. The van der Waals surface area contributed by atoms with Crippen LogP contribution in [0.25, 0.3) is 11.3 Å². The molecule has 1 atom stereocenters. The van der Waals surface area contributed by atoms with Crippen molar-refractivity contribution in [1.82, 2.24) is 14.9 Å². The van der Waals surface area contributed by atoms with Crippen LogP contribution in [0.4, 0.5) is 0 Å². The van der Waals surface area contributed by atoms with E-state index in [0.29, 0.717) is 43.4 Å². The second-order valence-corrected chi connectivity index (χ2v) is 5.92. The molecule has 0 spiro atoms. The molecule has 1 aromatic carbocycles. The summed E-state index contributed by atoms with van der Waals surface area (Å²) in [5.74, 6) is 0.429. The first-order valence-corrected chi connectivity index (χ1v) is 8.06.